The number of nitrogens with one attached hydrogen (secondary N) is 1. The van der Waals surface area contributed by atoms with Crippen LogP contribution in [-0.2, 0) is 11.3 Å². The van der Waals surface area contributed by atoms with Crippen molar-refractivity contribution in [3.63, 3.8) is 0 Å². The Morgan fingerprint density at radius 2 is 1.70 bits per heavy atom. The highest BCUT2D eigenvalue weighted by molar-refractivity contribution is 6.33. The Labute approximate surface area is 192 Å². The van der Waals surface area contributed by atoms with Crippen molar-refractivity contribution in [2.75, 3.05) is 7.11 Å². The van der Waals surface area contributed by atoms with Crippen LogP contribution >= 0.6 is 11.6 Å². The maximum atomic E-state index is 13.1. The van der Waals surface area contributed by atoms with Crippen LogP contribution in [0.2, 0.25) is 5.02 Å². The number of aromatic hydroxyl groups is 1. The van der Waals surface area contributed by atoms with E-state index in [1.54, 1.807) is 30.3 Å². The normalized spacial score (nSPS) is 11.8. The second-order valence-electron chi connectivity index (χ2n) is 7.63. The number of ether oxygens (including phenoxy) is 1. The average molecular weight is 481 g/mol. The highest BCUT2D eigenvalue weighted by atomic mass is 35.5. The van der Waals surface area contributed by atoms with Gasteiger partial charge in [0.1, 0.15) is 11.2 Å². The SMILES string of the molecule is COc1ccc(-c2nc(O)nc(-c3cc(CNC(=O)C(C)(C)C(F)(F)F)ccc3Cl)n2)cc1. The quantitative estimate of drug-likeness (QED) is 0.527. The minimum absolute atomic E-state index is 0.0575. The molecule has 3 aromatic rings. The maximum absolute atomic E-state index is 13.1. The van der Waals surface area contributed by atoms with Gasteiger partial charge in [-0.2, -0.15) is 23.1 Å². The number of halogens is 4. The molecule has 0 bridgehead atoms. The lowest BCUT2D eigenvalue weighted by Crippen LogP contribution is -2.46. The van der Waals surface area contributed by atoms with E-state index in [4.69, 9.17) is 16.3 Å². The fraction of sp³-hybridized carbons (Fsp3) is 0.273. The molecule has 0 aliphatic carbocycles. The van der Waals surface area contributed by atoms with E-state index in [-0.39, 0.29) is 23.2 Å². The standard InChI is InChI=1S/C22H20ClF3N4O3/c1-21(2,22(24,25)26)19(31)27-11-12-4-9-16(23)15(10-12)18-28-17(29-20(32)30-18)13-5-7-14(33-3)8-6-13/h4-10H,11H2,1-3H3,(H,27,31)(H,28,29,30,32). The molecule has 2 N–H and O–H groups in total. The zero-order chi connectivity index (χ0) is 24.4. The van der Waals surface area contributed by atoms with Crippen molar-refractivity contribution in [3.8, 4) is 34.5 Å². The monoisotopic (exact) mass is 480 g/mol. The molecule has 7 nitrogen and oxygen atoms in total. The first-order valence-electron chi connectivity index (χ1n) is 9.65. The summed E-state index contributed by atoms with van der Waals surface area (Å²) in [6.45, 7) is 1.44. The van der Waals surface area contributed by atoms with E-state index in [2.05, 4.69) is 20.3 Å². The molecule has 0 saturated carbocycles. The number of aromatic nitrogens is 3. The van der Waals surface area contributed by atoms with Crippen molar-refractivity contribution >= 4 is 17.5 Å². The molecule has 0 aliphatic rings. The summed E-state index contributed by atoms with van der Waals surface area (Å²) >= 11 is 6.28. The zero-order valence-electron chi connectivity index (χ0n) is 17.9. The van der Waals surface area contributed by atoms with Crippen LogP contribution in [0.15, 0.2) is 42.5 Å². The van der Waals surface area contributed by atoms with Crippen molar-refractivity contribution in [1.29, 1.82) is 0 Å². The first-order valence-corrected chi connectivity index (χ1v) is 10.0. The van der Waals surface area contributed by atoms with E-state index >= 15 is 0 Å². The first kappa shape index (κ1) is 24.2. The molecule has 0 saturated heterocycles. The highest BCUT2D eigenvalue weighted by Crippen LogP contribution is 2.37. The second kappa shape index (κ2) is 9.22. The Bertz CT molecular complexity index is 1170. The molecular weight excluding hydrogens is 461 g/mol. The molecule has 11 heteroatoms. The summed E-state index contributed by atoms with van der Waals surface area (Å²) in [6, 6.07) is 10.9. The summed E-state index contributed by atoms with van der Waals surface area (Å²) in [5.41, 5.74) is -1.18. The van der Waals surface area contributed by atoms with Crippen LogP contribution in [0.4, 0.5) is 13.2 Å². The summed E-state index contributed by atoms with van der Waals surface area (Å²) in [4.78, 5) is 24.3. The van der Waals surface area contributed by atoms with Gasteiger partial charge in [-0.1, -0.05) is 17.7 Å². The lowest BCUT2D eigenvalue weighted by Gasteiger charge is -2.26. The second-order valence-corrected chi connectivity index (χ2v) is 8.04. The molecule has 0 spiro atoms. The molecular formula is C22H20ClF3N4O3. The Hall–Kier alpha value is -3.40. The van der Waals surface area contributed by atoms with E-state index in [1.165, 1.54) is 19.2 Å². The molecule has 0 atom stereocenters. The highest BCUT2D eigenvalue weighted by Gasteiger charge is 2.52. The van der Waals surface area contributed by atoms with Crippen LogP contribution in [0.1, 0.15) is 19.4 Å². The van der Waals surface area contributed by atoms with Crippen molar-refractivity contribution in [1.82, 2.24) is 20.3 Å². The van der Waals surface area contributed by atoms with Crippen LogP contribution in [-0.4, -0.2) is 39.3 Å². The van der Waals surface area contributed by atoms with Gasteiger partial charge < -0.3 is 15.2 Å². The molecule has 0 aliphatic heterocycles. The molecule has 1 heterocycles. The van der Waals surface area contributed by atoms with Gasteiger partial charge >= 0.3 is 12.2 Å². The van der Waals surface area contributed by atoms with Crippen molar-refractivity contribution in [2.24, 2.45) is 5.41 Å². The topological polar surface area (TPSA) is 97.2 Å². The van der Waals surface area contributed by atoms with Gasteiger partial charge in [0.25, 0.3) is 0 Å². The van der Waals surface area contributed by atoms with Crippen LogP contribution in [0.25, 0.3) is 22.8 Å². The number of alkyl halides is 3. The third kappa shape index (κ3) is 5.33. The predicted molar refractivity (Wildman–Crippen MR) is 116 cm³/mol. The largest absolute Gasteiger partial charge is 0.497 e. The summed E-state index contributed by atoms with van der Waals surface area (Å²) in [6.07, 6.45) is -4.69. The Balaban J connectivity index is 1.89. The molecule has 33 heavy (non-hydrogen) atoms. The lowest BCUT2D eigenvalue weighted by molar-refractivity contribution is -0.211. The van der Waals surface area contributed by atoms with Crippen LogP contribution in [0, 0.1) is 5.41 Å². The van der Waals surface area contributed by atoms with E-state index in [9.17, 15) is 23.1 Å². The van der Waals surface area contributed by atoms with Gasteiger partial charge in [-0.25, -0.2) is 4.98 Å². The summed E-state index contributed by atoms with van der Waals surface area (Å²) in [5.74, 6) is -0.293. The van der Waals surface area contributed by atoms with Crippen molar-refractivity contribution in [2.45, 2.75) is 26.6 Å². The van der Waals surface area contributed by atoms with Gasteiger partial charge in [0, 0.05) is 17.7 Å². The summed E-state index contributed by atoms with van der Waals surface area (Å²) in [5, 5.41) is 12.6. The predicted octanol–water partition coefficient (Wildman–Crippen LogP) is 4.78. The number of methoxy groups -OCH3 is 1. The number of carbonyl (C=O) groups is 1. The van der Waals surface area contributed by atoms with E-state index < -0.39 is 23.5 Å². The van der Waals surface area contributed by atoms with Gasteiger partial charge in [0.15, 0.2) is 11.6 Å². The molecule has 174 valence electrons. The van der Waals surface area contributed by atoms with Gasteiger partial charge in [-0.05, 0) is 55.8 Å². The zero-order valence-corrected chi connectivity index (χ0v) is 18.6. The van der Waals surface area contributed by atoms with Gasteiger partial charge in [0.05, 0.1) is 12.1 Å². The van der Waals surface area contributed by atoms with Crippen LogP contribution < -0.4 is 10.1 Å². The van der Waals surface area contributed by atoms with Crippen LogP contribution in [0.3, 0.4) is 0 Å². The number of benzene rings is 2. The van der Waals surface area contributed by atoms with E-state index in [0.717, 1.165) is 13.8 Å². The Morgan fingerprint density at radius 3 is 2.30 bits per heavy atom. The smallest absolute Gasteiger partial charge is 0.402 e. The number of amides is 1. The average Bonchev–Trinajstić information content (AvgIpc) is 2.77. The fourth-order valence-corrected chi connectivity index (χ4v) is 2.94. The molecule has 0 fully saturated rings. The molecule has 3 rings (SSSR count). The molecule has 0 unspecified atom stereocenters. The summed E-state index contributed by atoms with van der Waals surface area (Å²) < 4.78 is 44.3. The van der Waals surface area contributed by atoms with Gasteiger partial charge in [-0.3, -0.25) is 4.79 Å². The molecule has 1 amide bonds. The third-order valence-corrected chi connectivity index (χ3v) is 5.30. The minimum atomic E-state index is -4.69. The fourth-order valence-electron chi connectivity index (χ4n) is 2.74. The van der Waals surface area contributed by atoms with Crippen molar-refractivity contribution < 1.29 is 27.8 Å². The minimum Gasteiger partial charge on any atom is -0.497 e. The lowest BCUT2D eigenvalue weighted by atomic mass is 9.91. The first-order chi connectivity index (χ1) is 15.4. The number of rotatable bonds is 6. The van der Waals surface area contributed by atoms with Crippen molar-refractivity contribution in [3.05, 3.63) is 53.1 Å². The maximum Gasteiger partial charge on any atom is 0.402 e. The Morgan fingerprint density at radius 1 is 1.06 bits per heavy atom. The van der Waals surface area contributed by atoms with E-state index in [0.29, 0.717) is 22.4 Å². The van der Waals surface area contributed by atoms with Gasteiger partial charge in [0.2, 0.25) is 5.91 Å². The molecule has 2 aromatic carbocycles. The third-order valence-electron chi connectivity index (χ3n) is 4.97. The molecule has 0 radical (unpaired) electrons. The summed E-state index contributed by atoms with van der Waals surface area (Å²) in [7, 11) is 1.53. The number of carbonyl (C=O) groups excluding carboxylic acids is 1. The number of nitrogens with zero attached hydrogens (tertiary/aromatic N) is 3. The Kier molecular flexibility index (Phi) is 6.78. The van der Waals surface area contributed by atoms with Crippen LogP contribution in [0.5, 0.6) is 11.8 Å². The van der Waals surface area contributed by atoms with Gasteiger partial charge in [-0.15, -0.1) is 0 Å². The number of hydrogen-bond acceptors (Lipinski definition) is 6. The van der Waals surface area contributed by atoms with E-state index in [1.807, 2.05) is 0 Å². The molecule has 1 aromatic heterocycles. The number of hydrogen-bond donors (Lipinski definition) is 2.